The van der Waals surface area contributed by atoms with Gasteiger partial charge in [-0.25, -0.2) is 4.98 Å². The average molecular weight is 557 g/mol. The summed E-state index contributed by atoms with van der Waals surface area (Å²) < 4.78 is 22.4. The molecule has 1 aromatic heterocycles. The topological polar surface area (TPSA) is 94.3 Å². The number of nitrogens with zero attached hydrogens (tertiary/aromatic N) is 2. The molecule has 5 rings (SSSR count). The SMILES string of the molecule is COc1cc(O)cc(CCOc2cc3c(cc2OC)CCN(C(=O)CCc2cocn2)C3c2ccc(C)cc2C)c1. The van der Waals surface area contributed by atoms with Crippen LogP contribution in [0.3, 0.4) is 0 Å². The number of oxazole rings is 1. The highest BCUT2D eigenvalue weighted by atomic mass is 16.5. The van der Waals surface area contributed by atoms with E-state index in [1.807, 2.05) is 23.1 Å². The number of phenols is 1. The molecule has 0 bridgehead atoms. The van der Waals surface area contributed by atoms with Gasteiger partial charge in [-0.15, -0.1) is 0 Å². The maximum Gasteiger partial charge on any atom is 0.223 e. The molecule has 0 fully saturated rings. The number of fused-ring (bicyclic) bond motifs is 1. The lowest BCUT2D eigenvalue weighted by Crippen LogP contribution is -2.41. The molecule has 1 amide bonds. The molecule has 41 heavy (non-hydrogen) atoms. The van der Waals surface area contributed by atoms with Gasteiger partial charge in [-0.1, -0.05) is 23.8 Å². The average Bonchev–Trinajstić information content (AvgIpc) is 3.49. The summed E-state index contributed by atoms with van der Waals surface area (Å²) in [5, 5.41) is 10.0. The second-order valence-electron chi connectivity index (χ2n) is 10.4. The zero-order chi connectivity index (χ0) is 28.9. The lowest BCUT2D eigenvalue weighted by molar-refractivity contribution is -0.133. The van der Waals surface area contributed by atoms with Gasteiger partial charge in [-0.3, -0.25) is 4.79 Å². The Balaban J connectivity index is 1.45. The molecule has 0 saturated carbocycles. The van der Waals surface area contributed by atoms with Crippen LogP contribution in [0.25, 0.3) is 0 Å². The zero-order valence-corrected chi connectivity index (χ0v) is 24.0. The summed E-state index contributed by atoms with van der Waals surface area (Å²) in [6.45, 7) is 5.14. The van der Waals surface area contributed by atoms with E-state index in [4.69, 9.17) is 18.6 Å². The fourth-order valence-electron chi connectivity index (χ4n) is 5.56. The number of aryl methyl sites for hydroxylation is 3. The Hall–Kier alpha value is -4.46. The molecule has 8 heteroatoms. The minimum Gasteiger partial charge on any atom is -0.508 e. The van der Waals surface area contributed by atoms with Crippen LogP contribution in [0.15, 0.2) is 65.6 Å². The van der Waals surface area contributed by atoms with Crippen molar-refractivity contribution in [1.82, 2.24) is 9.88 Å². The van der Waals surface area contributed by atoms with Crippen molar-refractivity contribution < 1.29 is 28.5 Å². The predicted molar refractivity (Wildman–Crippen MR) is 155 cm³/mol. The summed E-state index contributed by atoms with van der Waals surface area (Å²) in [6.07, 6.45) is 5.13. The number of amides is 1. The molecule has 3 aromatic carbocycles. The fraction of sp³-hybridized carbons (Fsp3) is 0.333. The monoisotopic (exact) mass is 556 g/mol. The second kappa shape index (κ2) is 12.4. The summed E-state index contributed by atoms with van der Waals surface area (Å²) >= 11 is 0. The molecular formula is C33H36N2O6. The van der Waals surface area contributed by atoms with Crippen LogP contribution in [-0.4, -0.2) is 48.3 Å². The predicted octanol–water partition coefficient (Wildman–Crippen LogP) is 5.74. The van der Waals surface area contributed by atoms with Gasteiger partial charge in [-0.2, -0.15) is 0 Å². The number of benzene rings is 3. The largest absolute Gasteiger partial charge is 0.508 e. The number of aromatic hydroxyl groups is 1. The van der Waals surface area contributed by atoms with Crippen LogP contribution in [0, 0.1) is 13.8 Å². The molecule has 2 heterocycles. The second-order valence-corrected chi connectivity index (χ2v) is 10.4. The first kappa shape index (κ1) is 28.1. The van der Waals surface area contributed by atoms with Crippen molar-refractivity contribution in [2.75, 3.05) is 27.4 Å². The molecule has 1 N–H and O–H groups in total. The van der Waals surface area contributed by atoms with Crippen LogP contribution in [-0.2, 0) is 24.1 Å². The van der Waals surface area contributed by atoms with Gasteiger partial charge in [0.15, 0.2) is 17.9 Å². The van der Waals surface area contributed by atoms with E-state index in [2.05, 4.69) is 37.0 Å². The van der Waals surface area contributed by atoms with E-state index in [0.717, 1.165) is 33.5 Å². The molecule has 0 saturated heterocycles. The highest BCUT2D eigenvalue weighted by Gasteiger charge is 2.34. The molecule has 0 radical (unpaired) electrons. The van der Waals surface area contributed by atoms with Crippen LogP contribution in [0.4, 0.5) is 0 Å². The van der Waals surface area contributed by atoms with Crippen molar-refractivity contribution in [1.29, 1.82) is 0 Å². The van der Waals surface area contributed by atoms with E-state index >= 15 is 0 Å². The lowest BCUT2D eigenvalue weighted by Gasteiger charge is -2.39. The van der Waals surface area contributed by atoms with Gasteiger partial charge in [0, 0.05) is 31.9 Å². The smallest absolute Gasteiger partial charge is 0.223 e. The Labute approximate surface area is 240 Å². The minimum absolute atomic E-state index is 0.0692. The van der Waals surface area contributed by atoms with E-state index in [0.29, 0.717) is 56.1 Å². The summed E-state index contributed by atoms with van der Waals surface area (Å²) in [4.78, 5) is 19.8. The Morgan fingerprint density at radius 2 is 1.88 bits per heavy atom. The Morgan fingerprint density at radius 3 is 2.61 bits per heavy atom. The first-order valence-corrected chi connectivity index (χ1v) is 13.8. The third-order valence-corrected chi connectivity index (χ3v) is 7.61. The molecule has 1 aliphatic rings. The number of rotatable bonds is 10. The zero-order valence-electron chi connectivity index (χ0n) is 24.0. The van der Waals surface area contributed by atoms with Crippen molar-refractivity contribution in [3.8, 4) is 23.0 Å². The number of ether oxygens (including phenoxy) is 3. The molecule has 4 aromatic rings. The quantitative estimate of drug-likeness (QED) is 0.266. The number of hydrogen-bond donors (Lipinski definition) is 1. The molecule has 214 valence electrons. The van der Waals surface area contributed by atoms with E-state index in [-0.39, 0.29) is 17.7 Å². The highest BCUT2D eigenvalue weighted by Crippen LogP contribution is 2.42. The van der Waals surface area contributed by atoms with Gasteiger partial charge in [0.2, 0.25) is 5.91 Å². The number of aromatic nitrogens is 1. The van der Waals surface area contributed by atoms with E-state index in [1.165, 1.54) is 12.0 Å². The molecule has 0 spiro atoms. The summed E-state index contributed by atoms with van der Waals surface area (Å²) in [5.41, 5.74) is 7.24. The maximum absolute atomic E-state index is 13.7. The van der Waals surface area contributed by atoms with E-state index in [9.17, 15) is 9.90 Å². The summed E-state index contributed by atoms with van der Waals surface area (Å²) in [7, 11) is 3.21. The Morgan fingerprint density at radius 1 is 1.02 bits per heavy atom. The molecule has 0 aliphatic carbocycles. The fourth-order valence-corrected chi connectivity index (χ4v) is 5.56. The minimum atomic E-state index is -0.257. The van der Waals surface area contributed by atoms with Crippen LogP contribution < -0.4 is 14.2 Å². The van der Waals surface area contributed by atoms with Crippen LogP contribution in [0.1, 0.15) is 51.5 Å². The Bertz CT molecular complexity index is 1510. The molecular weight excluding hydrogens is 520 g/mol. The first-order chi connectivity index (χ1) is 19.9. The Kier molecular flexibility index (Phi) is 8.47. The number of phenolic OH excluding ortho intramolecular Hbond substituents is 1. The van der Waals surface area contributed by atoms with Gasteiger partial charge in [-0.05, 0) is 72.4 Å². The number of hydrogen-bond acceptors (Lipinski definition) is 7. The van der Waals surface area contributed by atoms with Crippen LogP contribution in [0.5, 0.6) is 23.0 Å². The number of methoxy groups -OCH3 is 2. The van der Waals surface area contributed by atoms with Crippen LogP contribution >= 0.6 is 0 Å². The van der Waals surface area contributed by atoms with E-state index in [1.54, 1.807) is 32.6 Å². The number of carbonyl (C=O) groups excluding carboxylic acids is 1. The van der Waals surface area contributed by atoms with Gasteiger partial charge >= 0.3 is 0 Å². The summed E-state index contributed by atoms with van der Waals surface area (Å²) in [6, 6.07) is 15.3. The molecule has 8 nitrogen and oxygen atoms in total. The van der Waals surface area contributed by atoms with Gasteiger partial charge in [0.05, 0.1) is 32.6 Å². The van der Waals surface area contributed by atoms with Crippen molar-refractivity contribution >= 4 is 5.91 Å². The summed E-state index contributed by atoms with van der Waals surface area (Å²) in [5.74, 6) is 2.08. The molecule has 1 unspecified atom stereocenters. The molecule has 1 atom stereocenters. The normalized spacial score (nSPS) is 14.4. The van der Waals surface area contributed by atoms with Crippen molar-refractivity contribution in [2.24, 2.45) is 0 Å². The van der Waals surface area contributed by atoms with Crippen molar-refractivity contribution in [3.05, 3.63) is 100 Å². The lowest BCUT2D eigenvalue weighted by atomic mass is 9.85. The van der Waals surface area contributed by atoms with Crippen molar-refractivity contribution in [2.45, 2.75) is 45.6 Å². The van der Waals surface area contributed by atoms with Gasteiger partial charge < -0.3 is 28.6 Å². The molecule has 1 aliphatic heterocycles. The first-order valence-electron chi connectivity index (χ1n) is 13.8. The van der Waals surface area contributed by atoms with E-state index < -0.39 is 0 Å². The highest BCUT2D eigenvalue weighted by molar-refractivity contribution is 5.78. The maximum atomic E-state index is 13.7. The third-order valence-electron chi connectivity index (χ3n) is 7.61. The van der Waals surface area contributed by atoms with Gasteiger partial charge in [0.1, 0.15) is 17.8 Å². The van der Waals surface area contributed by atoms with Crippen molar-refractivity contribution in [3.63, 3.8) is 0 Å². The van der Waals surface area contributed by atoms with Crippen LogP contribution in [0.2, 0.25) is 0 Å². The van der Waals surface area contributed by atoms with Gasteiger partial charge in [0.25, 0.3) is 0 Å². The third kappa shape index (κ3) is 6.32. The standard InChI is InChI=1S/C33H36N2O6/c1-21-5-7-28(22(2)13-21)33-29-18-31(41-12-10-23-14-26(36)17-27(15-23)38-3)30(39-4)16-24(29)9-11-35(33)32(37)8-6-25-19-40-20-34-25/h5,7,13-20,33,36H,6,8-12H2,1-4H3. The number of carbonyl (C=O) groups is 1.